The quantitative estimate of drug-likeness (QED) is 0.734. The molecule has 0 atom stereocenters. The Morgan fingerprint density at radius 3 is 2.00 bits per heavy atom. The maximum Gasteiger partial charge on any atom is 0.0628 e. The summed E-state index contributed by atoms with van der Waals surface area (Å²) in [6.45, 7) is 15.0. The molecule has 0 aromatic rings. The van der Waals surface area contributed by atoms with Crippen molar-refractivity contribution >= 4 is 0 Å². The van der Waals surface area contributed by atoms with Gasteiger partial charge in [0.1, 0.15) is 0 Å². The second kappa shape index (κ2) is 5.68. The summed E-state index contributed by atoms with van der Waals surface area (Å²) in [5.41, 5.74) is 0.297. The molecule has 1 saturated heterocycles. The van der Waals surface area contributed by atoms with Gasteiger partial charge in [-0.1, -0.05) is 13.8 Å². The summed E-state index contributed by atoms with van der Waals surface area (Å²) < 4.78 is 5.55. The van der Waals surface area contributed by atoms with Crippen LogP contribution >= 0.6 is 0 Å². The molecule has 0 unspecified atom stereocenters. The van der Waals surface area contributed by atoms with Crippen LogP contribution in [0.2, 0.25) is 0 Å². The first kappa shape index (κ1) is 14.9. The number of piperazine rings is 1. The summed E-state index contributed by atoms with van der Waals surface area (Å²) in [6.07, 6.45) is 1.10. The zero-order valence-electron chi connectivity index (χ0n) is 12.5. The molecule has 0 saturated carbocycles. The Balaban J connectivity index is 2.43. The minimum Gasteiger partial charge on any atom is -0.379 e. The molecular weight excluding hydrogens is 212 g/mol. The second-order valence-corrected chi connectivity index (χ2v) is 6.88. The average Bonchev–Trinajstić information content (AvgIpc) is 2.20. The van der Waals surface area contributed by atoms with E-state index in [2.05, 4.69) is 44.5 Å². The number of rotatable bonds is 5. The molecule has 1 fully saturated rings. The number of ether oxygens (including phenoxy) is 1. The fourth-order valence-electron chi connectivity index (χ4n) is 2.89. The lowest BCUT2D eigenvalue weighted by Gasteiger charge is -2.40. The van der Waals surface area contributed by atoms with E-state index in [4.69, 9.17) is 4.74 Å². The van der Waals surface area contributed by atoms with Crippen molar-refractivity contribution in [3.63, 3.8) is 0 Å². The molecule has 0 aliphatic carbocycles. The maximum atomic E-state index is 5.55. The summed E-state index contributed by atoms with van der Waals surface area (Å²) in [5, 5.41) is 0. The predicted octanol–water partition coefficient (Wildman–Crippen LogP) is 2.08. The van der Waals surface area contributed by atoms with Crippen molar-refractivity contribution in [3.05, 3.63) is 0 Å². The van der Waals surface area contributed by atoms with Crippen molar-refractivity contribution in [2.75, 3.05) is 46.9 Å². The molecule has 0 radical (unpaired) electrons. The highest BCUT2D eigenvalue weighted by atomic mass is 16.5. The number of hydrogen-bond donors (Lipinski definition) is 0. The molecule has 3 heteroatoms. The number of methoxy groups -OCH3 is 1. The fraction of sp³-hybridized carbons (Fsp3) is 1.00. The van der Waals surface area contributed by atoms with E-state index in [9.17, 15) is 0 Å². The molecule has 0 spiro atoms. The largest absolute Gasteiger partial charge is 0.379 e. The van der Waals surface area contributed by atoms with E-state index < -0.39 is 0 Å². The van der Waals surface area contributed by atoms with Gasteiger partial charge < -0.3 is 14.5 Å². The molecule has 0 aromatic heterocycles. The highest BCUT2D eigenvalue weighted by molar-refractivity contribution is 4.84. The molecule has 17 heavy (non-hydrogen) atoms. The standard InChI is InChI=1S/C14H30N2O/c1-13(2,11-14(3,4)17-6)12-16-9-7-15(5)8-10-16/h7-12H2,1-6H3. The smallest absolute Gasteiger partial charge is 0.0628 e. The third kappa shape index (κ3) is 5.36. The highest BCUT2D eigenvalue weighted by Gasteiger charge is 2.31. The van der Waals surface area contributed by atoms with Crippen molar-refractivity contribution in [1.29, 1.82) is 0 Å². The van der Waals surface area contributed by atoms with Crippen molar-refractivity contribution < 1.29 is 4.74 Å². The molecule has 0 aromatic carbocycles. The van der Waals surface area contributed by atoms with Crippen LogP contribution in [0.25, 0.3) is 0 Å². The lowest BCUT2D eigenvalue weighted by molar-refractivity contribution is -0.0228. The van der Waals surface area contributed by atoms with Gasteiger partial charge in [0.25, 0.3) is 0 Å². The minimum absolute atomic E-state index is 0.0178. The first-order valence-electron chi connectivity index (χ1n) is 6.70. The molecular formula is C14H30N2O. The Kier molecular flexibility index (Phi) is 4.99. The molecule has 1 heterocycles. The lowest BCUT2D eigenvalue weighted by Crippen LogP contribution is -2.48. The van der Waals surface area contributed by atoms with Gasteiger partial charge in [-0.3, -0.25) is 0 Å². The molecule has 1 rings (SSSR count). The summed E-state index contributed by atoms with van der Waals surface area (Å²) >= 11 is 0. The van der Waals surface area contributed by atoms with E-state index >= 15 is 0 Å². The van der Waals surface area contributed by atoms with Gasteiger partial charge in [-0.05, 0) is 32.7 Å². The third-order valence-electron chi connectivity index (χ3n) is 3.70. The summed E-state index contributed by atoms with van der Waals surface area (Å²) in [5.74, 6) is 0. The summed E-state index contributed by atoms with van der Waals surface area (Å²) in [6, 6.07) is 0. The SMILES string of the molecule is COC(C)(C)CC(C)(C)CN1CCN(C)CC1. The van der Waals surface area contributed by atoms with E-state index in [0.29, 0.717) is 5.41 Å². The van der Waals surface area contributed by atoms with Crippen molar-refractivity contribution in [2.24, 2.45) is 5.41 Å². The normalized spacial score (nSPS) is 20.8. The van der Waals surface area contributed by atoms with Crippen molar-refractivity contribution in [2.45, 2.75) is 39.7 Å². The van der Waals surface area contributed by atoms with E-state index in [1.807, 2.05) is 7.11 Å². The molecule has 102 valence electrons. The van der Waals surface area contributed by atoms with Crippen LogP contribution in [0.3, 0.4) is 0 Å². The van der Waals surface area contributed by atoms with Gasteiger partial charge in [0.15, 0.2) is 0 Å². The molecule has 0 amide bonds. The zero-order chi connectivity index (χ0) is 13.1. The van der Waals surface area contributed by atoms with Crippen LogP contribution in [0.4, 0.5) is 0 Å². The first-order chi connectivity index (χ1) is 7.74. The topological polar surface area (TPSA) is 15.7 Å². The van der Waals surface area contributed by atoms with Crippen molar-refractivity contribution in [1.82, 2.24) is 9.80 Å². The van der Waals surface area contributed by atoms with Gasteiger partial charge in [-0.2, -0.15) is 0 Å². The van der Waals surface area contributed by atoms with Crippen LogP contribution in [0.15, 0.2) is 0 Å². The monoisotopic (exact) mass is 242 g/mol. The lowest BCUT2D eigenvalue weighted by atomic mass is 9.81. The Labute approximate surface area is 107 Å². The van der Waals surface area contributed by atoms with Crippen LogP contribution in [0, 0.1) is 5.41 Å². The first-order valence-corrected chi connectivity index (χ1v) is 6.70. The second-order valence-electron chi connectivity index (χ2n) is 6.88. The van der Waals surface area contributed by atoms with Crippen LogP contribution in [-0.2, 0) is 4.74 Å². The Morgan fingerprint density at radius 2 is 1.53 bits per heavy atom. The Hall–Kier alpha value is -0.120. The number of hydrogen-bond acceptors (Lipinski definition) is 3. The maximum absolute atomic E-state index is 5.55. The summed E-state index contributed by atoms with van der Waals surface area (Å²) in [7, 11) is 4.02. The molecule has 0 bridgehead atoms. The number of likely N-dealkylation sites (N-methyl/N-ethyl adjacent to an activating group) is 1. The van der Waals surface area contributed by atoms with Gasteiger partial charge in [-0.25, -0.2) is 0 Å². The van der Waals surface area contributed by atoms with E-state index in [0.717, 1.165) is 6.42 Å². The average molecular weight is 242 g/mol. The Bertz CT molecular complexity index is 230. The highest BCUT2D eigenvalue weighted by Crippen LogP contribution is 2.30. The van der Waals surface area contributed by atoms with Gasteiger partial charge in [0.2, 0.25) is 0 Å². The van der Waals surface area contributed by atoms with E-state index in [1.165, 1.54) is 32.7 Å². The summed E-state index contributed by atoms with van der Waals surface area (Å²) in [4.78, 5) is 4.99. The minimum atomic E-state index is -0.0178. The Morgan fingerprint density at radius 1 is 1.00 bits per heavy atom. The predicted molar refractivity (Wildman–Crippen MR) is 73.4 cm³/mol. The number of nitrogens with zero attached hydrogens (tertiary/aromatic N) is 2. The van der Waals surface area contributed by atoms with Crippen LogP contribution in [-0.4, -0.2) is 62.3 Å². The fourth-order valence-corrected chi connectivity index (χ4v) is 2.89. The van der Waals surface area contributed by atoms with Gasteiger partial charge in [-0.15, -0.1) is 0 Å². The van der Waals surface area contributed by atoms with Crippen LogP contribution < -0.4 is 0 Å². The third-order valence-corrected chi connectivity index (χ3v) is 3.70. The van der Waals surface area contributed by atoms with Crippen molar-refractivity contribution in [3.8, 4) is 0 Å². The van der Waals surface area contributed by atoms with Gasteiger partial charge in [0, 0.05) is 39.8 Å². The van der Waals surface area contributed by atoms with Crippen LogP contribution in [0.5, 0.6) is 0 Å². The molecule has 1 aliphatic rings. The van der Waals surface area contributed by atoms with Gasteiger partial charge >= 0.3 is 0 Å². The molecule has 1 aliphatic heterocycles. The van der Waals surface area contributed by atoms with E-state index in [1.54, 1.807) is 0 Å². The zero-order valence-corrected chi connectivity index (χ0v) is 12.5. The van der Waals surface area contributed by atoms with Gasteiger partial charge in [0.05, 0.1) is 5.60 Å². The van der Waals surface area contributed by atoms with E-state index in [-0.39, 0.29) is 5.60 Å². The molecule has 0 N–H and O–H groups in total. The molecule has 3 nitrogen and oxygen atoms in total. The van der Waals surface area contributed by atoms with Crippen LogP contribution in [0.1, 0.15) is 34.1 Å².